The second kappa shape index (κ2) is 4.07. The zero-order chi connectivity index (χ0) is 11.6. The lowest BCUT2D eigenvalue weighted by molar-refractivity contribution is -0.143. The fourth-order valence-corrected chi connectivity index (χ4v) is 1.19. The van der Waals surface area contributed by atoms with Crippen molar-refractivity contribution >= 4 is 23.8 Å². The van der Waals surface area contributed by atoms with Gasteiger partial charge in [0.25, 0.3) is 0 Å². The highest BCUT2D eigenvalue weighted by Gasteiger charge is 2.44. The second-order valence-electron chi connectivity index (χ2n) is 2.90. The molecular formula is C8H11N3O4. The Labute approximate surface area is 86.0 Å². The normalized spacial score (nSPS) is 16.3. The van der Waals surface area contributed by atoms with E-state index in [1.807, 2.05) is 0 Å². The first-order chi connectivity index (χ1) is 7.02. The van der Waals surface area contributed by atoms with Gasteiger partial charge in [-0.15, -0.1) is 0 Å². The molecule has 0 aromatic heterocycles. The SMILES string of the molecule is CCN1C(=O)C(=O)N(CC(=O)NC)C1=O. The van der Waals surface area contributed by atoms with E-state index in [-0.39, 0.29) is 6.54 Å². The minimum absolute atomic E-state index is 0.119. The molecule has 0 spiro atoms. The lowest BCUT2D eigenvalue weighted by atomic mass is 10.5. The smallest absolute Gasteiger partial charge is 0.334 e. The lowest BCUT2D eigenvalue weighted by Gasteiger charge is -2.12. The second-order valence-corrected chi connectivity index (χ2v) is 2.90. The average molecular weight is 213 g/mol. The Morgan fingerprint density at radius 2 is 1.73 bits per heavy atom. The summed E-state index contributed by atoms with van der Waals surface area (Å²) in [6.07, 6.45) is 0. The molecule has 0 atom stereocenters. The predicted molar refractivity (Wildman–Crippen MR) is 48.6 cm³/mol. The van der Waals surface area contributed by atoms with Gasteiger partial charge in [0.1, 0.15) is 6.54 Å². The van der Waals surface area contributed by atoms with Crippen molar-refractivity contribution < 1.29 is 19.2 Å². The highest BCUT2D eigenvalue weighted by atomic mass is 16.2. The highest BCUT2D eigenvalue weighted by molar-refractivity contribution is 6.45. The maximum atomic E-state index is 11.4. The number of hydrogen-bond donors (Lipinski definition) is 1. The third kappa shape index (κ3) is 1.80. The first-order valence-electron chi connectivity index (χ1n) is 4.40. The molecule has 1 aliphatic heterocycles. The fraction of sp³-hybridized carbons (Fsp3) is 0.500. The van der Waals surface area contributed by atoms with Crippen LogP contribution >= 0.6 is 0 Å². The maximum Gasteiger partial charge on any atom is 0.334 e. The van der Waals surface area contributed by atoms with Crippen LogP contribution in [0, 0.1) is 0 Å². The molecule has 5 amide bonds. The Kier molecular flexibility index (Phi) is 3.03. The molecule has 1 saturated heterocycles. The lowest BCUT2D eigenvalue weighted by Crippen LogP contribution is -2.40. The summed E-state index contributed by atoms with van der Waals surface area (Å²) < 4.78 is 0. The van der Waals surface area contributed by atoms with Crippen LogP contribution in [0.25, 0.3) is 0 Å². The molecule has 1 N–H and O–H groups in total. The molecule has 1 heterocycles. The predicted octanol–water partition coefficient (Wildman–Crippen LogP) is -1.46. The number of carbonyl (C=O) groups is 4. The minimum atomic E-state index is -0.953. The van der Waals surface area contributed by atoms with E-state index < -0.39 is 30.3 Å². The Bertz CT molecular complexity index is 339. The number of nitrogens with zero attached hydrogens (tertiary/aromatic N) is 2. The van der Waals surface area contributed by atoms with Gasteiger partial charge < -0.3 is 5.32 Å². The van der Waals surface area contributed by atoms with Gasteiger partial charge in [0.05, 0.1) is 0 Å². The summed E-state index contributed by atoms with van der Waals surface area (Å²) in [6.45, 7) is 1.27. The molecule has 82 valence electrons. The first kappa shape index (κ1) is 11.2. The Balaban J connectivity index is 2.83. The average Bonchev–Trinajstić information content (AvgIpc) is 2.42. The molecule has 1 rings (SSSR count). The van der Waals surface area contributed by atoms with Gasteiger partial charge in [0.2, 0.25) is 5.91 Å². The van der Waals surface area contributed by atoms with Crippen molar-refractivity contribution in [2.75, 3.05) is 20.1 Å². The van der Waals surface area contributed by atoms with E-state index in [9.17, 15) is 19.2 Å². The van der Waals surface area contributed by atoms with E-state index in [1.54, 1.807) is 6.92 Å². The molecule has 7 heteroatoms. The fourth-order valence-electron chi connectivity index (χ4n) is 1.19. The number of rotatable bonds is 3. The molecule has 0 aromatic carbocycles. The summed E-state index contributed by atoms with van der Waals surface area (Å²) in [5, 5.41) is 2.27. The monoisotopic (exact) mass is 213 g/mol. The number of likely N-dealkylation sites (N-methyl/N-ethyl adjacent to an activating group) is 2. The summed E-state index contributed by atoms with van der Waals surface area (Å²) in [5.41, 5.74) is 0. The quantitative estimate of drug-likeness (QED) is 0.458. The Morgan fingerprint density at radius 1 is 1.20 bits per heavy atom. The molecule has 1 fully saturated rings. The Hall–Kier alpha value is -1.92. The van der Waals surface area contributed by atoms with Gasteiger partial charge in [-0.2, -0.15) is 0 Å². The van der Waals surface area contributed by atoms with Crippen LogP contribution in [0.4, 0.5) is 4.79 Å². The van der Waals surface area contributed by atoms with Crippen LogP contribution in [-0.4, -0.2) is 53.7 Å². The van der Waals surface area contributed by atoms with Crippen LogP contribution in [0.15, 0.2) is 0 Å². The van der Waals surface area contributed by atoms with E-state index in [4.69, 9.17) is 0 Å². The molecule has 0 bridgehead atoms. The highest BCUT2D eigenvalue weighted by Crippen LogP contribution is 2.10. The van der Waals surface area contributed by atoms with Crippen molar-refractivity contribution in [3.05, 3.63) is 0 Å². The number of hydrogen-bond acceptors (Lipinski definition) is 4. The summed E-state index contributed by atoms with van der Waals surface area (Å²) in [4.78, 5) is 46.3. The maximum absolute atomic E-state index is 11.4. The van der Waals surface area contributed by atoms with Gasteiger partial charge in [-0.3, -0.25) is 19.3 Å². The van der Waals surface area contributed by atoms with E-state index in [0.29, 0.717) is 4.90 Å². The molecule has 15 heavy (non-hydrogen) atoms. The van der Waals surface area contributed by atoms with Gasteiger partial charge in [0.15, 0.2) is 0 Å². The van der Waals surface area contributed by atoms with Crippen LogP contribution in [-0.2, 0) is 14.4 Å². The molecule has 0 saturated carbocycles. The van der Waals surface area contributed by atoms with E-state index in [1.165, 1.54) is 7.05 Å². The van der Waals surface area contributed by atoms with Gasteiger partial charge in [-0.1, -0.05) is 0 Å². The summed E-state index contributed by atoms with van der Waals surface area (Å²) in [6, 6.07) is -0.740. The summed E-state index contributed by atoms with van der Waals surface area (Å²) in [5.74, 6) is -2.33. The summed E-state index contributed by atoms with van der Waals surface area (Å²) >= 11 is 0. The zero-order valence-corrected chi connectivity index (χ0v) is 8.44. The van der Waals surface area contributed by atoms with Crippen molar-refractivity contribution in [2.24, 2.45) is 0 Å². The van der Waals surface area contributed by atoms with Crippen LogP contribution in [0.5, 0.6) is 0 Å². The van der Waals surface area contributed by atoms with Crippen LogP contribution in [0.3, 0.4) is 0 Å². The zero-order valence-electron chi connectivity index (χ0n) is 8.44. The van der Waals surface area contributed by atoms with Gasteiger partial charge in [0, 0.05) is 13.6 Å². The number of amides is 5. The molecule has 1 aliphatic rings. The van der Waals surface area contributed by atoms with Crippen molar-refractivity contribution in [1.82, 2.24) is 15.1 Å². The van der Waals surface area contributed by atoms with Crippen LogP contribution in [0.1, 0.15) is 6.92 Å². The first-order valence-corrected chi connectivity index (χ1v) is 4.40. The number of carbonyl (C=O) groups excluding carboxylic acids is 4. The molecule has 7 nitrogen and oxygen atoms in total. The van der Waals surface area contributed by atoms with Crippen molar-refractivity contribution in [2.45, 2.75) is 6.92 Å². The third-order valence-electron chi connectivity index (χ3n) is 2.03. The van der Waals surface area contributed by atoms with Crippen LogP contribution < -0.4 is 5.32 Å². The molecule has 0 unspecified atom stereocenters. The molecule has 0 aromatic rings. The number of nitrogens with one attached hydrogen (secondary N) is 1. The summed E-state index contributed by atoms with van der Waals surface area (Å²) in [7, 11) is 1.38. The van der Waals surface area contributed by atoms with Gasteiger partial charge >= 0.3 is 17.8 Å². The standard InChI is InChI=1S/C8H11N3O4/c1-3-10-6(13)7(14)11(8(10)15)4-5(12)9-2/h3-4H2,1-2H3,(H,9,12). The van der Waals surface area contributed by atoms with E-state index in [0.717, 1.165) is 4.90 Å². The topological polar surface area (TPSA) is 86.8 Å². The Morgan fingerprint density at radius 3 is 2.13 bits per heavy atom. The third-order valence-corrected chi connectivity index (χ3v) is 2.03. The van der Waals surface area contributed by atoms with Crippen molar-refractivity contribution in [3.8, 4) is 0 Å². The largest absolute Gasteiger partial charge is 0.358 e. The van der Waals surface area contributed by atoms with E-state index >= 15 is 0 Å². The molecular weight excluding hydrogens is 202 g/mol. The van der Waals surface area contributed by atoms with Crippen molar-refractivity contribution in [3.63, 3.8) is 0 Å². The van der Waals surface area contributed by atoms with Gasteiger partial charge in [-0.05, 0) is 6.92 Å². The molecule has 0 radical (unpaired) electrons. The number of urea groups is 1. The van der Waals surface area contributed by atoms with Gasteiger partial charge in [-0.25, -0.2) is 9.69 Å². The molecule has 0 aliphatic carbocycles. The van der Waals surface area contributed by atoms with E-state index in [2.05, 4.69) is 5.32 Å². The van der Waals surface area contributed by atoms with Crippen LogP contribution in [0.2, 0.25) is 0 Å². The number of imide groups is 2. The van der Waals surface area contributed by atoms with Crippen molar-refractivity contribution in [1.29, 1.82) is 0 Å². The minimum Gasteiger partial charge on any atom is -0.358 e.